The van der Waals surface area contributed by atoms with Crippen molar-refractivity contribution in [3.8, 4) is 11.1 Å². The number of amides is 1. The average Bonchev–Trinajstić information content (AvgIpc) is 3.11. The molecule has 9 heteroatoms. The fraction of sp³-hybridized carbons (Fsp3) is 0.429. The summed E-state index contributed by atoms with van der Waals surface area (Å²) in [4.78, 5) is 30.3. The van der Waals surface area contributed by atoms with E-state index < -0.39 is 0 Å². The fourth-order valence-corrected chi connectivity index (χ4v) is 4.23. The molecule has 1 aliphatic carbocycles. The van der Waals surface area contributed by atoms with Gasteiger partial charge in [0.1, 0.15) is 16.5 Å². The van der Waals surface area contributed by atoms with Crippen molar-refractivity contribution in [3.05, 3.63) is 35.9 Å². The van der Waals surface area contributed by atoms with E-state index in [1.807, 2.05) is 37.3 Å². The molecular weight excluding hydrogens is 402 g/mol. The molecule has 0 spiro atoms. The summed E-state index contributed by atoms with van der Waals surface area (Å²) in [6.45, 7) is 0.404. The van der Waals surface area contributed by atoms with Gasteiger partial charge in [-0.05, 0) is 57.5 Å². The minimum atomic E-state index is 0.0641. The van der Waals surface area contributed by atoms with Crippen molar-refractivity contribution in [1.29, 1.82) is 0 Å². The number of H-pyrrole nitrogens is 1. The number of nitrogens with zero attached hydrogens (tertiary/aromatic N) is 4. The molecule has 2 atom stereocenters. The Morgan fingerprint density at radius 2 is 2.03 bits per heavy atom. The maximum Gasteiger partial charge on any atom is 0.234 e. The van der Waals surface area contributed by atoms with Crippen LogP contribution in [0, 0.1) is 0 Å². The van der Waals surface area contributed by atoms with Gasteiger partial charge in [0, 0.05) is 36.2 Å². The van der Waals surface area contributed by atoms with E-state index in [1.165, 1.54) is 0 Å². The first-order valence-corrected chi connectivity index (χ1v) is 10.5. The Hall–Kier alpha value is -2.71. The third kappa shape index (κ3) is 4.88. The maximum absolute atomic E-state index is 12.1. The number of pyridine rings is 1. The van der Waals surface area contributed by atoms with E-state index >= 15 is 0 Å². The van der Waals surface area contributed by atoms with Gasteiger partial charge >= 0.3 is 0 Å². The number of rotatable bonds is 6. The first kappa shape index (κ1) is 20.6. The van der Waals surface area contributed by atoms with Crippen LogP contribution in [0.2, 0.25) is 5.15 Å². The molecule has 30 heavy (non-hydrogen) atoms. The summed E-state index contributed by atoms with van der Waals surface area (Å²) in [5.74, 6) is 0.787. The Kier molecular flexibility index (Phi) is 6.15. The molecule has 158 valence electrons. The molecule has 3 heterocycles. The molecule has 3 N–H and O–H groups in total. The van der Waals surface area contributed by atoms with E-state index in [9.17, 15) is 4.79 Å². The van der Waals surface area contributed by atoms with Gasteiger partial charge in [-0.1, -0.05) is 11.6 Å². The number of likely N-dealkylation sites (N-methyl/N-ethyl adjacent to an activating group) is 1. The number of hydrogen-bond donors (Lipinski definition) is 3. The third-order valence-electron chi connectivity index (χ3n) is 5.26. The highest BCUT2D eigenvalue weighted by atomic mass is 35.5. The number of carbonyl (C=O) groups excluding carboxylic acids is 1. The predicted molar refractivity (Wildman–Crippen MR) is 118 cm³/mol. The third-order valence-corrected chi connectivity index (χ3v) is 5.46. The van der Waals surface area contributed by atoms with Gasteiger partial charge < -0.3 is 20.5 Å². The summed E-state index contributed by atoms with van der Waals surface area (Å²) in [6.07, 6.45) is 9.16. The van der Waals surface area contributed by atoms with Crippen molar-refractivity contribution in [1.82, 2.24) is 30.2 Å². The Balaban J connectivity index is 1.48. The molecule has 3 aromatic rings. The highest BCUT2D eigenvalue weighted by Crippen LogP contribution is 2.30. The summed E-state index contributed by atoms with van der Waals surface area (Å²) >= 11 is 6.32. The lowest BCUT2D eigenvalue weighted by atomic mass is 9.91. The van der Waals surface area contributed by atoms with Crippen molar-refractivity contribution in [3.63, 3.8) is 0 Å². The van der Waals surface area contributed by atoms with Crippen molar-refractivity contribution < 1.29 is 4.79 Å². The van der Waals surface area contributed by atoms with Gasteiger partial charge in [-0.25, -0.2) is 9.97 Å². The lowest BCUT2D eigenvalue weighted by Crippen LogP contribution is -2.44. The number of nitrogens with one attached hydrogen (secondary N) is 3. The molecule has 0 saturated heterocycles. The monoisotopic (exact) mass is 427 g/mol. The summed E-state index contributed by atoms with van der Waals surface area (Å²) in [7, 11) is 3.79. The Morgan fingerprint density at radius 1 is 1.23 bits per heavy atom. The summed E-state index contributed by atoms with van der Waals surface area (Å²) in [5, 5.41) is 7.07. The van der Waals surface area contributed by atoms with Crippen LogP contribution in [0.4, 0.5) is 5.82 Å². The van der Waals surface area contributed by atoms with E-state index in [0.29, 0.717) is 11.7 Å². The summed E-state index contributed by atoms with van der Waals surface area (Å²) < 4.78 is 0. The SMILES string of the molecule is CN(C)CC(=O)NC1CCCC(Nc2cc(-c3c[nH]c4nccnc34)cc(Cl)n2)C1. The van der Waals surface area contributed by atoms with Crippen LogP contribution in [0.15, 0.2) is 30.7 Å². The van der Waals surface area contributed by atoms with Crippen LogP contribution in [0.1, 0.15) is 25.7 Å². The average molecular weight is 428 g/mol. The van der Waals surface area contributed by atoms with Crippen LogP contribution < -0.4 is 10.6 Å². The molecule has 8 nitrogen and oxygen atoms in total. The Morgan fingerprint density at radius 3 is 2.87 bits per heavy atom. The number of carbonyl (C=O) groups is 1. The fourth-order valence-electron chi connectivity index (χ4n) is 4.02. The van der Waals surface area contributed by atoms with Crippen LogP contribution >= 0.6 is 11.6 Å². The van der Waals surface area contributed by atoms with Crippen molar-refractivity contribution in [2.45, 2.75) is 37.8 Å². The molecule has 1 fully saturated rings. The molecule has 4 rings (SSSR count). The van der Waals surface area contributed by atoms with Gasteiger partial charge in [0.25, 0.3) is 0 Å². The standard InChI is InChI=1S/C21H26ClN7O/c1-29(2)12-19(30)27-15-5-3-4-14(10-15)26-18-9-13(8-17(22)28-18)16-11-25-21-20(16)23-6-7-24-21/h6-9,11,14-15H,3-5,10,12H2,1-2H3,(H,24,25)(H,26,28)(H,27,30). The number of hydrogen-bond acceptors (Lipinski definition) is 6. The van der Waals surface area contributed by atoms with Crippen LogP contribution in [-0.2, 0) is 4.79 Å². The Bertz CT molecular complexity index is 1040. The van der Waals surface area contributed by atoms with Crippen LogP contribution in [-0.4, -0.2) is 63.5 Å². The molecule has 1 saturated carbocycles. The van der Waals surface area contributed by atoms with E-state index in [1.54, 1.807) is 12.4 Å². The zero-order valence-corrected chi connectivity index (χ0v) is 17.9. The van der Waals surface area contributed by atoms with E-state index in [0.717, 1.165) is 53.8 Å². The van der Waals surface area contributed by atoms with Gasteiger partial charge in [0.05, 0.1) is 6.54 Å². The maximum atomic E-state index is 12.1. The van der Waals surface area contributed by atoms with E-state index in [-0.39, 0.29) is 18.0 Å². The van der Waals surface area contributed by atoms with Crippen LogP contribution in [0.3, 0.4) is 0 Å². The van der Waals surface area contributed by atoms with E-state index in [4.69, 9.17) is 11.6 Å². The molecule has 2 unspecified atom stereocenters. The quantitative estimate of drug-likeness (QED) is 0.523. The Labute approximate surface area is 180 Å². The predicted octanol–water partition coefficient (Wildman–Crippen LogP) is 3.07. The van der Waals surface area contributed by atoms with Crippen molar-refractivity contribution in [2.75, 3.05) is 26.0 Å². The molecule has 0 radical (unpaired) electrons. The lowest BCUT2D eigenvalue weighted by Gasteiger charge is -2.31. The largest absolute Gasteiger partial charge is 0.367 e. The number of anilines is 1. The second kappa shape index (κ2) is 8.97. The van der Waals surface area contributed by atoms with Crippen LogP contribution in [0.25, 0.3) is 22.3 Å². The number of aromatic nitrogens is 4. The first-order valence-electron chi connectivity index (χ1n) is 10.1. The van der Waals surface area contributed by atoms with Gasteiger partial charge in [-0.3, -0.25) is 9.78 Å². The normalized spacial score (nSPS) is 19.2. The zero-order chi connectivity index (χ0) is 21.1. The first-order chi connectivity index (χ1) is 14.5. The summed E-state index contributed by atoms with van der Waals surface area (Å²) in [6, 6.07) is 4.21. The summed E-state index contributed by atoms with van der Waals surface area (Å²) in [5.41, 5.74) is 3.39. The topological polar surface area (TPSA) is 98.8 Å². The van der Waals surface area contributed by atoms with Crippen molar-refractivity contribution >= 4 is 34.5 Å². The minimum absolute atomic E-state index is 0.0641. The number of halogens is 1. The highest BCUT2D eigenvalue weighted by Gasteiger charge is 2.24. The highest BCUT2D eigenvalue weighted by molar-refractivity contribution is 6.29. The second-order valence-electron chi connectivity index (χ2n) is 8.03. The molecule has 1 amide bonds. The molecule has 0 bridgehead atoms. The van der Waals surface area contributed by atoms with Gasteiger partial charge in [-0.15, -0.1) is 0 Å². The number of fused-ring (bicyclic) bond motifs is 1. The van der Waals surface area contributed by atoms with Gasteiger partial charge in [0.15, 0.2) is 5.65 Å². The van der Waals surface area contributed by atoms with Crippen LogP contribution in [0.5, 0.6) is 0 Å². The molecule has 3 aromatic heterocycles. The molecular formula is C21H26ClN7O. The number of aromatic amines is 1. The molecule has 0 aromatic carbocycles. The zero-order valence-electron chi connectivity index (χ0n) is 17.2. The van der Waals surface area contributed by atoms with Crippen molar-refractivity contribution in [2.24, 2.45) is 0 Å². The van der Waals surface area contributed by atoms with Gasteiger partial charge in [0.2, 0.25) is 5.91 Å². The lowest BCUT2D eigenvalue weighted by molar-refractivity contribution is -0.122. The minimum Gasteiger partial charge on any atom is -0.367 e. The molecule has 1 aliphatic rings. The van der Waals surface area contributed by atoms with E-state index in [2.05, 4.69) is 30.6 Å². The van der Waals surface area contributed by atoms with Gasteiger partial charge in [-0.2, -0.15) is 0 Å². The molecule has 0 aliphatic heterocycles. The smallest absolute Gasteiger partial charge is 0.234 e. The second-order valence-corrected chi connectivity index (χ2v) is 8.42.